The van der Waals surface area contributed by atoms with E-state index in [1.54, 1.807) is 21.0 Å². The summed E-state index contributed by atoms with van der Waals surface area (Å²) >= 11 is 1.70. The molecule has 0 aromatic rings. The van der Waals surface area contributed by atoms with Gasteiger partial charge in [-0.25, -0.2) is 0 Å². The van der Waals surface area contributed by atoms with Crippen LogP contribution in [0.5, 0.6) is 0 Å². The summed E-state index contributed by atoms with van der Waals surface area (Å²) in [6.07, 6.45) is 0. The second-order valence-corrected chi connectivity index (χ2v) is 0. The molecule has 0 fully saturated rings. The summed E-state index contributed by atoms with van der Waals surface area (Å²) in [5, 5.41) is 0. The Bertz CT molecular complexity index is 8.00. The maximum absolute atomic E-state index is 8.06. The molecule has 0 atom stereocenters. The molecule has 0 spiro atoms. The van der Waals surface area contributed by atoms with Gasteiger partial charge >= 0.3 is 24.3 Å². The van der Waals surface area contributed by atoms with Crippen molar-refractivity contribution in [2.45, 2.75) is 0 Å². The summed E-state index contributed by atoms with van der Waals surface area (Å²) in [5.41, 5.74) is 0. The fraction of sp³-hybridized carbons (Fsp3) is 0. The van der Waals surface area contributed by atoms with Crippen molar-refractivity contribution in [2.24, 2.45) is 0 Å². The van der Waals surface area contributed by atoms with Gasteiger partial charge in [0, 0.05) is 52.7 Å². The van der Waals surface area contributed by atoms with Gasteiger partial charge in [0.2, 0.25) is 0 Å². The van der Waals surface area contributed by atoms with Crippen molar-refractivity contribution in [1.29, 1.82) is 0 Å². The standard InChI is InChI=1S/Ag.La.Mn.O. The molecule has 0 aromatic carbocycles. The van der Waals surface area contributed by atoms with Crippen LogP contribution in [0.15, 0.2) is 0 Å². The second-order valence-electron chi connectivity index (χ2n) is 0. The zero-order valence-corrected chi connectivity index (χ0v) is 7.95. The molecule has 4 heavy (non-hydrogen) atoms. The van der Waals surface area contributed by atoms with Gasteiger partial charge in [-0.15, -0.1) is 0 Å². The van der Waals surface area contributed by atoms with Crippen LogP contribution in [0.25, 0.3) is 0 Å². The molecule has 27 valence electrons. The van der Waals surface area contributed by atoms with E-state index in [9.17, 15) is 0 Å². The third-order valence-corrected chi connectivity index (χ3v) is 0. The Kier molecular flexibility index (Phi) is 76.3. The van der Waals surface area contributed by atoms with E-state index in [4.69, 9.17) is 3.25 Å². The molecule has 1 nitrogen and oxygen atoms in total. The maximum atomic E-state index is 8.06. The van der Waals surface area contributed by atoms with Gasteiger partial charge in [-0.05, 0) is 0 Å². The van der Waals surface area contributed by atoms with Crippen LogP contribution in [0.1, 0.15) is 0 Å². The first-order chi connectivity index (χ1) is 1.00. The zero-order valence-electron chi connectivity index (χ0n) is 1.67. The minimum absolute atomic E-state index is 0. The Morgan fingerprint density at radius 3 is 1.25 bits per heavy atom. The van der Waals surface area contributed by atoms with E-state index in [0.29, 0.717) is 0 Å². The molecule has 0 saturated heterocycles. The summed E-state index contributed by atoms with van der Waals surface area (Å²) in [6, 6.07) is 0. The molecule has 0 unspecified atom stereocenters. The van der Waals surface area contributed by atoms with Crippen LogP contribution in [0.4, 0.5) is 0 Å². The van der Waals surface area contributed by atoms with Gasteiger partial charge in [0.05, 0.1) is 0 Å². The number of hydrogen-bond donors (Lipinski definition) is 0. The van der Waals surface area contributed by atoms with Crippen molar-refractivity contribution in [3.8, 4) is 0 Å². The Morgan fingerprint density at radius 2 is 1.25 bits per heavy atom. The van der Waals surface area contributed by atoms with E-state index < -0.39 is 0 Å². The Balaban J connectivity index is -0.00000000500. The average Bonchev–Trinajstić information content (AvgIpc) is 1.00. The van der Waals surface area contributed by atoms with E-state index in [-0.39, 0.29) is 52.7 Å². The quantitative estimate of drug-likeness (QED) is 0.569. The van der Waals surface area contributed by atoms with E-state index >= 15 is 0 Å². The van der Waals surface area contributed by atoms with Gasteiger partial charge < -0.3 is 0 Å². The monoisotopic (exact) mass is 317 g/mol. The van der Waals surface area contributed by atoms with Crippen LogP contribution >= 0.6 is 0 Å². The van der Waals surface area contributed by atoms with Crippen molar-refractivity contribution in [3.63, 3.8) is 0 Å². The third kappa shape index (κ3) is 8.87. The van der Waals surface area contributed by atoms with Crippen LogP contribution in [-0.2, 0) is 41.4 Å². The molecular formula is AgLaMnO. The van der Waals surface area contributed by atoms with Crippen molar-refractivity contribution in [1.82, 2.24) is 0 Å². The SMILES string of the molecule is [La].[Mn].[O]=[Ag]. The van der Waals surface area contributed by atoms with Gasteiger partial charge in [0.1, 0.15) is 0 Å². The van der Waals surface area contributed by atoms with Gasteiger partial charge in [0.25, 0.3) is 0 Å². The molecule has 0 aliphatic carbocycles. The predicted molar refractivity (Wildman–Crippen MR) is 0.686 cm³/mol. The number of hydrogen-bond acceptors (Lipinski definition) is 1. The molecule has 4 heteroatoms. The molecule has 2 radical (unpaired) electrons. The second kappa shape index (κ2) is 18.7. The number of rotatable bonds is 0. The van der Waals surface area contributed by atoms with Gasteiger partial charge in [-0.3, -0.25) is 0 Å². The molecule has 0 aromatic heterocycles. The molecule has 0 rings (SSSR count). The molecular weight excluding hydrogens is 318 g/mol. The summed E-state index contributed by atoms with van der Waals surface area (Å²) in [4.78, 5) is 0. The molecule has 0 saturated carbocycles. The zero-order chi connectivity index (χ0) is 2.00. The van der Waals surface area contributed by atoms with E-state index in [2.05, 4.69) is 0 Å². The normalized spacial score (nSPS) is 1.50. The van der Waals surface area contributed by atoms with Gasteiger partial charge in [-0.2, -0.15) is 0 Å². The van der Waals surface area contributed by atoms with Crippen molar-refractivity contribution in [3.05, 3.63) is 0 Å². The molecule has 0 bridgehead atoms. The molecule has 0 aliphatic heterocycles. The molecule has 0 aliphatic rings. The average molecular weight is 318 g/mol. The first kappa shape index (κ1) is 16.3. The van der Waals surface area contributed by atoms with Crippen LogP contribution < -0.4 is 0 Å². The van der Waals surface area contributed by atoms with E-state index in [1.807, 2.05) is 0 Å². The molecule has 0 N–H and O–H groups in total. The fourth-order valence-corrected chi connectivity index (χ4v) is 0. The third-order valence-electron chi connectivity index (χ3n) is 0. The molecule has 0 amide bonds. The van der Waals surface area contributed by atoms with E-state index in [0.717, 1.165) is 0 Å². The van der Waals surface area contributed by atoms with Crippen molar-refractivity contribution in [2.75, 3.05) is 0 Å². The topological polar surface area (TPSA) is 17.1 Å². The summed E-state index contributed by atoms with van der Waals surface area (Å²) in [5.74, 6) is 0. The van der Waals surface area contributed by atoms with Crippen LogP contribution in [0, 0.1) is 35.6 Å². The fourth-order valence-electron chi connectivity index (χ4n) is 0. The first-order valence-corrected chi connectivity index (χ1v) is 0.728. The Labute approximate surface area is 75.6 Å². The van der Waals surface area contributed by atoms with Crippen LogP contribution in [0.2, 0.25) is 0 Å². The van der Waals surface area contributed by atoms with Gasteiger partial charge in [-0.1, -0.05) is 0 Å². The van der Waals surface area contributed by atoms with Crippen LogP contribution in [-0.4, -0.2) is 0 Å². The van der Waals surface area contributed by atoms with Crippen molar-refractivity contribution >= 4 is 0 Å². The van der Waals surface area contributed by atoms with E-state index in [1.165, 1.54) is 0 Å². The first-order valence-electron chi connectivity index (χ1n) is 0.123. The van der Waals surface area contributed by atoms with Crippen molar-refractivity contribution < 1.29 is 77.0 Å². The summed E-state index contributed by atoms with van der Waals surface area (Å²) < 4.78 is 8.06. The van der Waals surface area contributed by atoms with Crippen LogP contribution in [0.3, 0.4) is 0 Å². The molecule has 0 heterocycles. The predicted octanol–water partition coefficient (Wildman–Crippen LogP) is -0.124. The Morgan fingerprint density at radius 1 is 1.25 bits per heavy atom. The summed E-state index contributed by atoms with van der Waals surface area (Å²) in [7, 11) is 0. The van der Waals surface area contributed by atoms with Gasteiger partial charge in [0.15, 0.2) is 0 Å². The Hall–Kier alpha value is 2.25. The minimum atomic E-state index is 0. The summed E-state index contributed by atoms with van der Waals surface area (Å²) in [6.45, 7) is 0.